The number of hydrogen-bond acceptors (Lipinski definition) is 3. The molecule has 4 aromatic rings. The van der Waals surface area contributed by atoms with Crippen LogP contribution in [0.5, 0.6) is 0 Å². The Labute approximate surface area is 156 Å². The van der Waals surface area contributed by atoms with Gasteiger partial charge in [-0.05, 0) is 42.3 Å². The molecule has 0 fully saturated rings. The van der Waals surface area contributed by atoms with Crippen molar-refractivity contribution in [1.82, 2.24) is 4.98 Å². The van der Waals surface area contributed by atoms with Crippen LogP contribution in [0.2, 0.25) is 0 Å². The van der Waals surface area contributed by atoms with Crippen LogP contribution in [0.25, 0.3) is 22.0 Å². The van der Waals surface area contributed by atoms with Crippen LogP contribution in [0.1, 0.15) is 21.5 Å². The molecule has 26 heavy (non-hydrogen) atoms. The Morgan fingerprint density at radius 2 is 1.77 bits per heavy atom. The Morgan fingerprint density at radius 3 is 2.62 bits per heavy atom. The van der Waals surface area contributed by atoms with Crippen LogP contribution in [-0.4, -0.2) is 10.9 Å². The van der Waals surface area contributed by atoms with Gasteiger partial charge in [0.05, 0.1) is 5.69 Å². The third-order valence-electron chi connectivity index (χ3n) is 4.41. The molecule has 1 heterocycles. The number of amides is 1. The van der Waals surface area contributed by atoms with Crippen LogP contribution in [0.3, 0.4) is 0 Å². The van der Waals surface area contributed by atoms with E-state index in [9.17, 15) is 4.79 Å². The minimum Gasteiger partial charge on any atom is -0.298 e. The first-order valence-corrected chi connectivity index (χ1v) is 9.31. The Morgan fingerprint density at radius 1 is 0.962 bits per heavy atom. The summed E-state index contributed by atoms with van der Waals surface area (Å²) in [5, 5.41) is 7.89. The first kappa shape index (κ1) is 16.5. The Hall–Kier alpha value is -2.98. The molecule has 4 rings (SSSR count). The smallest absolute Gasteiger partial charge is 0.257 e. The molecule has 0 bridgehead atoms. The van der Waals surface area contributed by atoms with E-state index < -0.39 is 0 Å². The molecule has 0 saturated heterocycles. The van der Waals surface area contributed by atoms with Crippen molar-refractivity contribution in [2.24, 2.45) is 0 Å². The zero-order valence-corrected chi connectivity index (χ0v) is 15.4. The van der Waals surface area contributed by atoms with Gasteiger partial charge >= 0.3 is 0 Å². The molecule has 0 aliphatic rings. The van der Waals surface area contributed by atoms with Crippen LogP contribution in [-0.2, 0) is 0 Å². The highest BCUT2D eigenvalue weighted by atomic mass is 32.1. The van der Waals surface area contributed by atoms with Crippen LogP contribution >= 0.6 is 11.3 Å². The second-order valence-electron chi connectivity index (χ2n) is 6.37. The number of nitrogens with zero attached hydrogens (tertiary/aromatic N) is 1. The maximum absolute atomic E-state index is 12.6. The maximum atomic E-state index is 12.6. The summed E-state index contributed by atoms with van der Waals surface area (Å²) in [4.78, 5) is 17.2. The van der Waals surface area contributed by atoms with Gasteiger partial charge in [-0.1, -0.05) is 54.1 Å². The number of fused-ring (bicyclic) bond motifs is 1. The van der Waals surface area contributed by atoms with E-state index in [0.29, 0.717) is 10.7 Å². The minimum atomic E-state index is -0.120. The topological polar surface area (TPSA) is 42.0 Å². The Bertz CT molecular complexity index is 1110. The number of carbonyl (C=O) groups excluding carboxylic acids is 1. The van der Waals surface area contributed by atoms with Crippen LogP contribution in [0, 0.1) is 13.8 Å². The molecule has 0 saturated carbocycles. The van der Waals surface area contributed by atoms with Gasteiger partial charge in [0.25, 0.3) is 5.91 Å². The normalized spacial score (nSPS) is 10.8. The molecule has 3 nitrogen and oxygen atoms in total. The van der Waals surface area contributed by atoms with E-state index in [1.165, 1.54) is 22.1 Å². The molecular weight excluding hydrogens is 340 g/mol. The molecule has 0 aliphatic carbocycles. The predicted octanol–water partition coefficient (Wildman–Crippen LogP) is 5.83. The van der Waals surface area contributed by atoms with E-state index in [0.717, 1.165) is 22.4 Å². The van der Waals surface area contributed by atoms with Crippen molar-refractivity contribution in [3.8, 4) is 11.3 Å². The largest absolute Gasteiger partial charge is 0.298 e. The SMILES string of the molecule is Cc1ccc(C)c(C(=O)Nc2nc(-c3ccc4ccccc4c3)cs2)c1. The quantitative estimate of drug-likeness (QED) is 0.500. The van der Waals surface area contributed by atoms with E-state index in [4.69, 9.17) is 0 Å². The first-order chi connectivity index (χ1) is 12.6. The van der Waals surface area contributed by atoms with Gasteiger partial charge in [0.15, 0.2) is 5.13 Å². The number of anilines is 1. The molecule has 0 aliphatic heterocycles. The summed E-state index contributed by atoms with van der Waals surface area (Å²) < 4.78 is 0. The summed E-state index contributed by atoms with van der Waals surface area (Å²) in [6.45, 7) is 3.92. The van der Waals surface area contributed by atoms with Gasteiger partial charge in [-0.2, -0.15) is 0 Å². The van der Waals surface area contributed by atoms with Crippen LogP contribution in [0.4, 0.5) is 5.13 Å². The molecule has 3 aromatic carbocycles. The number of aromatic nitrogens is 1. The number of thiazole rings is 1. The van der Waals surface area contributed by atoms with E-state index in [1.807, 2.05) is 49.6 Å². The summed E-state index contributed by atoms with van der Waals surface area (Å²) in [6, 6.07) is 20.4. The van der Waals surface area contributed by atoms with Crippen molar-refractivity contribution in [2.45, 2.75) is 13.8 Å². The van der Waals surface area contributed by atoms with Crippen molar-refractivity contribution in [1.29, 1.82) is 0 Å². The molecule has 1 amide bonds. The fourth-order valence-corrected chi connectivity index (χ4v) is 3.67. The zero-order chi connectivity index (χ0) is 18.1. The van der Waals surface area contributed by atoms with Gasteiger partial charge in [0, 0.05) is 16.5 Å². The average molecular weight is 358 g/mol. The lowest BCUT2D eigenvalue weighted by Crippen LogP contribution is -2.13. The summed E-state index contributed by atoms with van der Waals surface area (Å²) in [6.07, 6.45) is 0. The van der Waals surface area contributed by atoms with E-state index >= 15 is 0 Å². The molecule has 0 radical (unpaired) electrons. The second-order valence-corrected chi connectivity index (χ2v) is 7.23. The monoisotopic (exact) mass is 358 g/mol. The molecule has 4 heteroatoms. The fraction of sp³-hybridized carbons (Fsp3) is 0.0909. The maximum Gasteiger partial charge on any atom is 0.257 e. The highest BCUT2D eigenvalue weighted by Gasteiger charge is 2.12. The second kappa shape index (κ2) is 6.73. The summed E-state index contributed by atoms with van der Waals surface area (Å²) in [5.74, 6) is -0.120. The Balaban J connectivity index is 1.59. The van der Waals surface area contributed by atoms with E-state index in [2.05, 4.69) is 40.6 Å². The van der Waals surface area contributed by atoms with Crippen molar-refractivity contribution < 1.29 is 4.79 Å². The van der Waals surface area contributed by atoms with Gasteiger partial charge < -0.3 is 0 Å². The molecule has 0 unspecified atom stereocenters. The van der Waals surface area contributed by atoms with Gasteiger partial charge in [-0.25, -0.2) is 4.98 Å². The lowest BCUT2D eigenvalue weighted by atomic mass is 10.1. The Kier molecular flexibility index (Phi) is 4.27. The van der Waals surface area contributed by atoms with Gasteiger partial charge in [0.2, 0.25) is 0 Å². The third-order valence-corrected chi connectivity index (χ3v) is 5.17. The van der Waals surface area contributed by atoms with Crippen molar-refractivity contribution in [2.75, 3.05) is 5.32 Å². The van der Waals surface area contributed by atoms with Crippen molar-refractivity contribution >= 4 is 33.1 Å². The summed E-state index contributed by atoms with van der Waals surface area (Å²) in [7, 11) is 0. The first-order valence-electron chi connectivity index (χ1n) is 8.43. The van der Waals surface area contributed by atoms with Gasteiger partial charge in [-0.3, -0.25) is 10.1 Å². The van der Waals surface area contributed by atoms with E-state index in [-0.39, 0.29) is 5.91 Å². The number of nitrogens with one attached hydrogen (secondary N) is 1. The highest BCUT2D eigenvalue weighted by Crippen LogP contribution is 2.28. The van der Waals surface area contributed by atoms with Crippen LogP contribution in [0.15, 0.2) is 66.0 Å². The number of rotatable bonds is 3. The molecule has 1 aromatic heterocycles. The summed E-state index contributed by atoms with van der Waals surface area (Å²) in [5.41, 5.74) is 4.63. The molecule has 0 atom stereocenters. The molecule has 128 valence electrons. The minimum absolute atomic E-state index is 0.120. The lowest BCUT2D eigenvalue weighted by Gasteiger charge is -2.06. The molecular formula is C22H18N2OS. The molecule has 1 N–H and O–H groups in total. The third kappa shape index (κ3) is 3.24. The summed E-state index contributed by atoms with van der Waals surface area (Å²) >= 11 is 1.44. The predicted molar refractivity (Wildman–Crippen MR) is 109 cm³/mol. The average Bonchev–Trinajstić information content (AvgIpc) is 3.11. The van der Waals surface area contributed by atoms with Crippen molar-refractivity contribution in [3.05, 3.63) is 82.7 Å². The van der Waals surface area contributed by atoms with E-state index in [1.54, 1.807) is 0 Å². The standard InChI is InChI=1S/C22H18N2OS/c1-14-7-8-15(2)19(11-14)21(25)24-22-23-20(13-26-22)18-10-9-16-5-3-4-6-17(16)12-18/h3-13H,1-2H3,(H,23,24,25). The van der Waals surface area contributed by atoms with Crippen molar-refractivity contribution in [3.63, 3.8) is 0 Å². The number of aryl methyl sites for hydroxylation is 2. The number of hydrogen-bond donors (Lipinski definition) is 1. The zero-order valence-electron chi connectivity index (χ0n) is 14.6. The highest BCUT2D eigenvalue weighted by molar-refractivity contribution is 7.14. The van der Waals surface area contributed by atoms with Gasteiger partial charge in [-0.15, -0.1) is 11.3 Å². The number of benzene rings is 3. The lowest BCUT2D eigenvalue weighted by molar-refractivity contribution is 0.102. The number of carbonyl (C=O) groups is 1. The fourth-order valence-electron chi connectivity index (χ4n) is 2.96. The molecule has 0 spiro atoms. The van der Waals surface area contributed by atoms with Crippen LogP contribution < -0.4 is 5.32 Å². The van der Waals surface area contributed by atoms with Gasteiger partial charge in [0.1, 0.15) is 0 Å².